The Balaban J connectivity index is 1.26. The summed E-state index contributed by atoms with van der Waals surface area (Å²) in [5, 5.41) is 5.06. The smallest absolute Gasteiger partial charge is 0.229 e. The number of aryl methyl sites for hydroxylation is 1. The summed E-state index contributed by atoms with van der Waals surface area (Å²) in [6.07, 6.45) is 0.196. The first-order valence-electron chi connectivity index (χ1n) is 12.4. The quantitative estimate of drug-likeness (QED) is 0.323. The Morgan fingerprint density at radius 3 is 2.50 bits per heavy atom. The molecule has 0 saturated carbocycles. The minimum Gasteiger partial charge on any atom is -0.457 e. The summed E-state index contributed by atoms with van der Waals surface area (Å²) in [6.45, 7) is 6.70. The molecule has 0 unspecified atom stereocenters. The molecule has 1 aliphatic rings. The lowest BCUT2D eigenvalue weighted by atomic mass is 10.0. The molecular formula is C31H30N2O3. The molecule has 0 bridgehead atoms. The lowest BCUT2D eigenvalue weighted by Crippen LogP contribution is -2.28. The number of amides is 2. The van der Waals surface area contributed by atoms with Gasteiger partial charge in [0.1, 0.15) is 11.5 Å². The van der Waals surface area contributed by atoms with E-state index >= 15 is 0 Å². The van der Waals surface area contributed by atoms with Crippen LogP contribution in [0.2, 0.25) is 0 Å². The van der Waals surface area contributed by atoms with Crippen molar-refractivity contribution in [2.75, 3.05) is 16.8 Å². The molecule has 2 amide bonds. The van der Waals surface area contributed by atoms with Gasteiger partial charge in [-0.1, -0.05) is 62.4 Å². The van der Waals surface area contributed by atoms with E-state index in [-0.39, 0.29) is 18.2 Å². The van der Waals surface area contributed by atoms with Gasteiger partial charge in [-0.25, -0.2) is 0 Å². The van der Waals surface area contributed by atoms with Crippen LogP contribution in [-0.4, -0.2) is 18.4 Å². The van der Waals surface area contributed by atoms with Crippen LogP contribution < -0.4 is 15.0 Å². The van der Waals surface area contributed by atoms with E-state index in [1.807, 2.05) is 79.7 Å². The molecule has 1 aliphatic heterocycles. The number of anilines is 2. The minimum atomic E-state index is -0.409. The van der Waals surface area contributed by atoms with E-state index in [0.29, 0.717) is 23.9 Å². The highest BCUT2D eigenvalue weighted by molar-refractivity contribution is 6.08. The normalized spacial score (nSPS) is 15.5. The highest BCUT2D eigenvalue weighted by Gasteiger charge is 2.35. The SMILES string of the molecule is Cc1ccc(C(C)C)c(Oc2ccc(NC(=O)[C@H]3CC(=O)N(c4cccc5ccccc45)C3)cc2)c1. The van der Waals surface area contributed by atoms with E-state index in [9.17, 15) is 9.59 Å². The molecule has 5 nitrogen and oxygen atoms in total. The average molecular weight is 479 g/mol. The van der Waals surface area contributed by atoms with E-state index in [1.165, 1.54) is 0 Å². The molecule has 182 valence electrons. The number of rotatable bonds is 6. The van der Waals surface area contributed by atoms with E-state index in [2.05, 4.69) is 31.3 Å². The Bertz CT molecular complexity index is 1420. The summed E-state index contributed by atoms with van der Waals surface area (Å²) in [5.41, 5.74) is 3.82. The third-order valence-electron chi connectivity index (χ3n) is 6.69. The first-order valence-corrected chi connectivity index (χ1v) is 12.4. The van der Waals surface area contributed by atoms with Crippen molar-refractivity contribution in [3.63, 3.8) is 0 Å². The van der Waals surface area contributed by atoms with Crippen LogP contribution in [-0.2, 0) is 9.59 Å². The molecule has 1 heterocycles. The number of nitrogens with zero attached hydrogens (tertiary/aromatic N) is 1. The Kier molecular flexibility index (Phi) is 6.47. The monoisotopic (exact) mass is 478 g/mol. The van der Waals surface area contributed by atoms with Crippen molar-refractivity contribution >= 4 is 34.0 Å². The van der Waals surface area contributed by atoms with E-state index in [0.717, 1.165) is 33.3 Å². The fourth-order valence-electron chi connectivity index (χ4n) is 4.74. The van der Waals surface area contributed by atoms with Gasteiger partial charge in [-0.05, 0) is 65.8 Å². The van der Waals surface area contributed by atoms with Gasteiger partial charge in [0, 0.05) is 24.0 Å². The zero-order valence-electron chi connectivity index (χ0n) is 20.8. The summed E-state index contributed by atoms with van der Waals surface area (Å²) in [7, 11) is 0. The molecule has 1 N–H and O–H groups in total. The average Bonchev–Trinajstić information content (AvgIpc) is 3.26. The largest absolute Gasteiger partial charge is 0.457 e. The Morgan fingerprint density at radius 2 is 1.72 bits per heavy atom. The molecular weight excluding hydrogens is 448 g/mol. The van der Waals surface area contributed by atoms with Crippen LogP contribution in [0.25, 0.3) is 10.8 Å². The standard InChI is InChI=1S/C31H30N2O3/c1-20(2)26-16-11-21(3)17-29(26)36-25-14-12-24(13-15-25)32-31(35)23-18-30(34)33(19-23)28-10-6-8-22-7-4-5-9-27(22)28/h4-17,20,23H,18-19H2,1-3H3,(H,32,35)/t23-/m0/s1. The Morgan fingerprint density at radius 1 is 0.972 bits per heavy atom. The number of hydrogen-bond acceptors (Lipinski definition) is 3. The van der Waals surface area contributed by atoms with Gasteiger partial charge in [0.2, 0.25) is 11.8 Å². The maximum Gasteiger partial charge on any atom is 0.229 e. The molecule has 1 saturated heterocycles. The highest BCUT2D eigenvalue weighted by atomic mass is 16.5. The Hall–Kier alpha value is -4.12. The third kappa shape index (κ3) is 4.82. The molecule has 5 heteroatoms. The van der Waals surface area contributed by atoms with Gasteiger partial charge in [0.05, 0.1) is 11.6 Å². The van der Waals surface area contributed by atoms with E-state index < -0.39 is 5.92 Å². The molecule has 4 aromatic carbocycles. The number of ether oxygens (including phenoxy) is 1. The highest BCUT2D eigenvalue weighted by Crippen LogP contribution is 2.34. The summed E-state index contributed by atoms with van der Waals surface area (Å²) in [4.78, 5) is 27.6. The van der Waals surface area contributed by atoms with Crippen LogP contribution in [0.4, 0.5) is 11.4 Å². The number of hydrogen-bond donors (Lipinski definition) is 1. The van der Waals surface area contributed by atoms with E-state index in [1.54, 1.807) is 4.90 Å². The second kappa shape index (κ2) is 9.86. The predicted octanol–water partition coefficient (Wildman–Crippen LogP) is 7.06. The van der Waals surface area contributed by atoms with Crippen molar-refractivity contribution in [2.24, 2.45) is 5.92 Å². The first kappa shape index (κ1) is 23.6. The Labute approximate surface area is 211 Å². The lowest BCUT2D eigenvalue weighted by molar-refractivity contribution is -0.122. The molecule has 0 aromatic heterocycles. The fourth-order valence-corrected chi connectivity index (χ4v) is 4.74. The van der Waals surface area contributed by atoms with Gasteiger partial charge in [-0.3, -0.25) is 9.59 Å². The number of benzene rings is 4. The van der Waals surface area contributed by atoms with Crippen LogP contribution in [0.15, 0.2) is 84.9 Å². The summed E-state index contributed by atoms with van der Waals surface area (Å²) in [5.74, 6) is 1.31. The van der Waals surface area contributed by atoms with Crippen LogP contribution >= 0.6 is 0 Å². The van der Waals surface area contributed by atoms with E-state index in [4.69, 9.17) is 4.74 Å². The van der Waals surface area contributed by atoms with Gasteiger partial charge >= 0.3 is 0 Å². The van der Waals surface area contributed by atoms with Gasteiger partial charge in [0.15, 0.2) is 0 Å². The summed E-state index contributed by atoms with van der Waals surface area (Å²) < 4.78 is 6.16. The van der Waals surface area contributed by atoms with Crippen LogP contribution in [0.1, 0.15) is 37.3 Å². The molecule has 36 heavy (non-hydrogen) atoms. The summed E-state index contributed by atoms with van der Waals surface area (Å²) in [6, 6.07) is 27.5. The predicted molar refractivity (Wildman–Crippen MR) is 145 cm³/mol. The third-order valence-corrected chi connectivity index (χ3v) is 6.69. The maximum absolute atomic E-state index is 13.0. The number of nitrogens with one attached hydrogen (secondary N) is 1. The molecule has 0 radical (unpaired) electrons. The topological polar surface area (TPSA) is 58.6 Å². The minimum absolute atomic E-state index is 0.0330. The van der Waals surface area contributed by atoms with Gasteiger partial charge in [-0.15, -0.1) is 0 Å². The second-order valence-electron chi connectivity index (χ2n) is 9.72. The molecule has 4 aromatic rings. The maximum atomic E-state index is 13.0. The van der Waals surface area contributed by atoms with Gasteiger partial charge in [0.25, 0.3) is 0 Å². The van der Waals surface area contributed by atoms with Gasteiger partial charge in [-0.2, -0.15) is 0 Å². The first-order chi connectivity index (χ1) is 17.4. The number of carbonyl (C=O) groups is 2. The lowest BCUT2D eigenvalue weighted by Gasteiger charge is -2.19. The number of fused-ring (bicyclic) bond motifs is 1. The van der Waals surface area contributed by atoms with Crippen molar-refractivity contribution in [3.8, 4) is 11.5 Å². The molecule has 1 fully saturated rings. The zero-order chi connectivity index (χ0) is 25.2. The zero-order valence-corrected chi connectivity index (χ0v) is 20.8. The second-order valence-corrected chi connectivity index (χ2v) is 9.72. The molecule has 1 atom stereocenters. The van der Waals surface area contributed by atoms with Crippen LogP contribution in [0, 0.1) is 12.8 Å². The summed E-state index contributed by atoms with van der Waals surface area (Å²) >= 11 is 0. The van der Waals surface area contributed by atoms with Crippen molar-refractivity contribution in [2.45, 2.75) is 33.1 Å². The molecule has 5 rings (SSSR count). The van der Waals surface area contributed by atoms with Crippen molar-refractivity contribution in [3.05, 3.63) is 96.1 Å². The molecule has 0 spiro atoms. The van der Waals surface area contributed by atoms with Crippen LogP contribution in [0.5, 0.6) is 11.5 Å². The van der Waals surface area contributed by atoms with Crippen LogP contribution in [0.3, 0.4) is 0 Å². The van der Waals surface area contributed by atoms with Gasteiger partial charge < -0.3 is 15.0 Å². The van der Waals surface area contributed by atoms with Crippen molar-refractivity contribution in [1.29, 1.82) is 0 Å². The fraction of sp³-hybridized carbons (Fsp3) is 0.226. The van der Waals surface area contributed by atoms with Crippen molar-refractivity contribution < 1.29 is 14.3 Å². The molecule has 0 aliphatic carbocycles. The number of carbonyl (C=O) groups excluding carboxylic acids is 2. The van der Waals surface area contributed by atoms with Crippen molar-refractivity contribution in [1.82, 2.24) is 0 Å².